The lowest BCUT2D eigenvalue weighted by Gasteiger charge is -2.33. The summed E-state index contributed by atoms with van der Waals surface area (Å²) in [5.74, 6) is -1.07. The maximum Gasteiger partial charge on any atom is 0.244 e. The van der Waals surface area contributed by atoms with Crippen LogP contribution in [0.5, 0.6) is 0 Å². The van der Waals surface area contributed by atoms with E-state index in [1.165, 1.54) is 24.0 Å². The van der Waals surface area contributed by atoms with Crippen LogP contribution in [0.4, 0.5) is 5.69 Å². The second kappa shape index (κ2) is 11.5. The predicted octanol–water partition coefficient (Wildman–Crippen LogP) is 3.03. The summed E-state index contributed by atoms with van der Waals surface area (Å²) in [6.07, 6.45) is 1.50. The predicted molar refractivity (Wildman–Crippen MR) is 138 cm³/mol. The van der Waals surface area contributed by atoms with Gasteiger partial charge in [0.1, 0.15) is 12.6 Å². The van der Waals surface area contributed by atoms with Crippen molar-refractivity contribution in [3.05, 3.63) is 65.7 Å². The number of nitrogens with zero attached hydrogens (tertiary/aromatic N) is 2. The number of anilines is 1. The van der Waals surface area contributed by atoms with E-state index in [9.17, 15) is 22.8 Å². The molecule has 1 unspecified atom stereocenters. The molecule has 2 amide bonds. The Balaban J connectivity index is 2.37. The minimum atomic E-state index is -3.86. The fourth-order valence-corrected chi connectivity index (χ4v) is 4.38. The SMILES string of the molecule is CC(=O)c1cccc(N(CC(=O)N(CCc2ccccc2)C(C)C(=O)NC(C)(C)C)S(C)(=O)=O)c1. The van der Waals surface area contributed by atoms with Gasteiger partial charge >= 0.3 is 0 Å². The van der Waals surface area contributed by atoms with Crippen molar-refractivity contribution in [2.24, 2.45) is 0 Å². The van der Waals surface area contributed by atoms with E-state index in [2.05, 4.69) is 5.32 Å². The van der Waals surface area contributed by atoms with E-state index in [1.54, 1.807) is 19.1 Å². The van der Waals surface area contributed by atoms with Gasteiger partial charge in [-0.15, -0.1) is 0 Å². The smallest absolute Gasteiger partial charge is 0.244 e. The summed E-state index contributed by atoms with van der Waals surface area (Å²) in [7, 11) is -3.86. The summed E-state index contributed by atoms with van der Waals surface area (Å²) in [5.41, 5.74) is 1.04. The molecule has 8 nitrogen and oxygen atoms in total. The monoisotopic (exact) mass is 501 g/mol. The highest BCUT2D eigenvalue weighted by Gasteiger charge is 2.31. The van der Waals surface area contributed by atoms with Crippen molar-refractivity contribution in [2.75, 3.05) is 23.7 Å². The zero-order valence-electron chi connectivity index (χ0n) is 21.2. The first kappa shape index (κ1) is 28.0. The molecule has 0 heterocycles. The van der Waals surface area contributed by atoms with Gasteiger partial charge < -0.3 is 10.2 Å². The highest BCUT2D eigenvalue weighted by molar-refractivity contribution is 7.92. The van der Waals surface area contributed by atoms with E-state index in [1.807, 2.05) is 51.1 Å². The van der Waals surface area contributed by atoms with Gasteiger partial charge in [0.15, 0.2) is 5.78 Å². The van der Waals surface area contributed by atoms with Crippen molar-refractivity contribution in [3.63, 3.8) is 0 Å². The van der Waals surface area contributed by atoms with Gasteiger partial charge in [-0.1, -0.05) is 42.5 Å². The number of hydrogen-bond acceptors (Lipinski definition) is 5. The van der Waals surface area contributed by atoms with Crippen LogP contribution in [0, 0.1) is 0 Å². The topological polar surface area (TPSA) is 104 Å². The van der Waals surface area contributed by atoms with Crippen LogP contribution in [0.1, 0.15) is 50.5 Å². The molecule has 1 atom stereocenters. The van der Waals surface area contributed by atoms with Gasteiger partial charge in [-0.3, -0.25) is 18.7 Å². The van der Waals surface area contributed by atoms with Crippen LogP contribution < -0.4 is 9.62 Å². The number of sulfonamides is 1. The lowest BCUT2D eigenvalue weighted by molar-refractivity contribution is -0.139. The van der Waals surface area contributed by atoms with Crippen molar-refractivity contribution in [1.82, 2.24) is 10.2 Å². The Morgan fingerprint density at radius 3 is 2.17 bits per heavy atom. The number of Topliss-reactive ketones (excluding diaryl/α,β-unsaturated/α-hetero) is 1. The van der Waals surface area contributed by atoms with Crippen molar-refractivity contribution in [3.8, 4) is 0 Å². The van der Waals surface area contributed by atoms with Crippen molar-refractivity contribution >= 4 is 33.3 Å². The van der Waals surface area contributed by atoms with Gasteiger partial charge in [-0.25, -0.2) is 8.42 Å². The number of ketones is 1. The van der Waals surface area contributed by atoms with Gasteiger partial charge in [0, 0.05) is 17.6 Å². The summed E-state index contributed by atoms with van der Waals surface area (Å²) >= 11 is 0. The highest BCUT2D eigenvalue weighted by atomic mass is 32.2. The van der Waals surface area contributed by atoms with E-state index in [0.717, 1.165) is 16.1 Å². The molecule has 9 heteroatoms. The molecule has 0 aliphatic heterocycles. The Labute approximate surface area is 208 Å². The zero-order chi connectivity index (χ0) is 26.4. The Morgan fingerprint density at radius 1 is 1.00 bits per heavy atom. The van der Waals surface area contributed by atoms with Crippen LogP contribution in [-0.2, 0) is 26.0 Å². The fourth-order valence-electron chi connectivity index (χ4n) is 3.54. The van der Waals surface area contributed by atoms with Crippen LogP contribution in [0.2, 0.25) is 0 Å². The third kappa shape index (κ3) is 8.51. The number of benzene rings is 2. The van der Waals surface area contributed by atoms with E-state index < -0.39 is 34.1 Å². The Hall–Kier alpha value is -3.20. The highest BCUT2D eigenvalue weighted by Crippen LogP contribution is 2.20. The summed E-state index contributed by atoms with van der Waals surface area (Å²) in [6.45, 7) is 8.29. The summed E-state index contributed by atoms with van der Waals surface area (Å²) in [4.78, 5) is 39.6. The number of hydrogen-bond donors (Lipinski definition) is 1. The minimum absolute atomic E-state index is 0.211. The Morgan fingerprint density at radius 2 is 1.63 bits per heavy atom. The van der Waals surface area contributed by atoms with Crippen molar-refractivity contribution < 1.29 is 22.8 Å². The summed E-state index contributed by atoms with van der Waals surface area (Å²) < 4.78 is 26.2. The van der Waals surface area contributed by atoms with Crippen LogP contribution in [0.25, 0.3) is 0 Å². The van der Waals surface area contributed by atoms with E-state index in [4.69, 9.17) is 0 Å². The molecule has 0 bridgehead atoms. The largest absolute Gasteiger partial charge is 0.350 e. The number of rotatable bonds is 10. The summed E-state index contributed by atoms with van der Waals surface area (Å²) in [6, 6.07) is 14.8. The normalized spacial score (nSPS) is 12.5. The van der Waals surface area contributed by atoms with E-state index in [-0.39, 0.29) is 23.9 Å². The second-order valence-electron chi connectivity index (χ2n) is 9.61. The Bertz CT molecular complexity index is 1160. The van der Waals surface area contributed by atoms with Gasteiger partial charge in [0.2, 0.25) is 21.8 Å². The van der Waals surface area contributed by atoms with Crippen LogP contribution in [-0.4, -0.2) is 61.8 Å². The standard InChI is InChI=1S/C26H35N3O5S/c1-19(25(32)27-26(3,4)5)28(16-15-21-11-8-7-9-12-21)24(31)18-29(35(6,33)34)23-14-10-13-22(17-23)20(2)30/h7-14,17,19H,15-16,18H2,1-6H3,(H,27,32). The number of nitrogens with one attached hydrogen (secondary N) is 1. The van der Waals surface area contributed by atoms with Gasteiger partial charge in [-0.2, -0.15) is 0 Å². The van der Waals surface area contributed by atoms with Crippen molar-refractivity contribution in [1.29, 1.82) is 0 Å². The molecule has 190 valence electrons. The van der Waals surface area contributed by atoms with Gasteiger partial charge in [0.25, 0.3) is 0 Å². The van der Waals surface area contributed by atoms with Crippen LogP contribution >= 0.6 is 0 Å². The molecule has 2 aromatic rings. The van der Waals surface area contributed by atoms with E-state index in [0.29, 0.717) is 12.0 Å². The molecule has 2 rings (SSSR count). The molecule has 0 saturated carbocycles. The van der Waals surface area contributed by atoms with E-state index >= 15 is 0 Å². The second-order valence-corrected chi connectivity index (χ2v) is 11.5. The summed E-state index contributed by atoms with van der Waals surface area (Å²) in [5, 5.41) is 2.89. The lowest BCUT2D eigenvalue weighted by Crippen LogP contribution is -2.55. The maximum absolute atomic E-state index is 13.5. The van der Waals surface area contributed by atoms with Gasteiger partial charge in [0.05, 0.1) is 11.9 Å². The molecule has 35 heavy (non-hydrogen) atoms. The first-order valence-electron chi connectivity index (χ1n) is 11.4. The molecule has 0 aliphatic carbocycles. The van der Waals surface area contributed by atoms with Crippen LogP contribution in [0.15, 0.2) is 54.6 Å². The number of carbonyl (C=O) groups excluding carboxylic acids is 3. The molecule has 0 aromatic heterocycles. The first-order valence-corrected chi connectivity index (χ1v) is 13.3. The molecule has 0 saturated heterocycles. The average molecular weight is 502 g/mol. The third-order valence-corrected chi connectivity index (χ3v) is 6.51. The molecule has 0 spiro atoms. The molecule has 0 radical (unpaired) electrons. The lowest BCUT2D eigenvalue weighted by atomic mass is 10.1. The zero-order valence-corrected chi connectivity index (χ0v) is 22.1. The molecule has 1 N–H and O–H groups in total. The molecular weight excluding hydrogens is 466 g/mol. The molecule has 2 aromatic carbocycles. The number of amides is 2. The van der Waals surface area contributed by atoms with Gasteiger partial charge in [-0.05, 0) is 58.7 Å². The number of carbonyl (C=O) groups is 3. The first-order chi connectivity index (χ1) is 16.2. The maximum atomic E-state index is 13.5. The molecular formula is C26H35N3O5S. The molecule has 0 aliphatic rings. The average Bonchev–Trinajstić information content (AvgIpc) is 2.76. The minimum Gasteiger partial charge on any atom is -0.350 e. The van der Waals surface area contributed by atoms with Crippen LogP contribution in [0.3, 0.4) is 0 Å². The Kier molecular flexibility index (Phi) is 9.20. The van der Waals surface area contributed by atoms with Crippen molar-refractivity contribution in [2.45, 2.75) is 52.6 Å². The molecule has 0 fully saturated rings. The third-order valence-electron chi connectivity index (χ3n) is 5.37. The quantitative estimate of drug-likeness (QED) is 0.504. The fraction of sp³-hybridized carbons (Fsp3) is 0.423.